The molecule has 1 aliphatic rings. The summed E-state index contributed by atoms with van der Waals surface area (Å²) in [5, 5.41) is 3.15. The normalized spacial score (nSPS) is 21.0. The number of nitrogens with one attached hydrogen (secondary N) is 1. The first-order valence-corrected chi connectivity index (χ1v) is 8.86. The predicted octanol–water partition coefficient (Wildman–Crippen LogP) is 2.40. The Labute approximate surface area is 135 Å². The highest BCUT2D eigenvalue weighted by Gasteiger charge is 2.27. The highest BCUT2D eigenvalue weighted by Crippen LogP contribution is 2.18. The molecule has 0 radical (unpaired) electrons. The molecular weight excluding hydrogens is 280 g/mol. The fourth-order valence-electron chi connectivity index (χ4n) is 3.04. The van der Waals surface area contributed by atoms with E-state index in [-0.39, 0.29) is 24.2 Å². The van der Waals surface area contributed by atoms with Gasteiger partial charge in [0.1, 0.15) is 0 Å². The van der Waals surface area contributed by atoms with E-state index in [4.69, 9.17) is 9.47 Å². The van der Waals surface area contributed by atoms with Crippen LogP contribution in [-0.2, 0) is 14.3 Å². The average Bonchev–Trinajstić information content (AvgIpc) is 2.48. The van der Waals surface area contributed by atoms with Gasteiger partial charge < -0.3 is 14.8 Å². The van der Waals surface area contributed by atoms with E-state index < -0.39 is 0 Å². The Morgan fingerprint density at radius 3 is 2.55 bits per heavy atom. The molecule has 0 unspecified atom stereocenters. The van der Waals surface area contributed by atoms with Gasteiger partial charge in [-0.05, 0) is 46.6 Å². The summed E-state index contributed by atoms with van der Waals surface area (Å²) in [5.41, 5.74) is 0. The van der Waals surface area contributed by atoms with Crippen molar-refractivity contribution in [3.63, 3.8) is 0 Å². The monoisotopic (exact) mass is 314 g/mol. The second kappa shape index (κ2) is 11.0. The van der Waals surface area contributed by atoms with Crippen molar-refractivity contribution in [1.82, 2.24) is 10.2 Å². The molecule has 1 aliphatic heterocycles. The molecule has 5 nitrogen and oxygen atoms in total. The van der Waals surface area contributed by atoms with Gasteiger partial charge in [0.25, 0.3) is 0 Å². The first kappa shape index (κ1) is 19.4. The van der Waals surface area contributed by atoms with Gasteiger partial charge in [0.05, 0.1) is 5.92 Å². The lowest BCUT2D eigenvalue weighted by Crippen LogP contribution is -2.47. The van der Waals surface area contributed by atoms with Crippen LogP contribution in [0.5, 0.6) is 0 Å². The lowest BCUT2D eigenvalue weighted by atomic mass is 9.96. The zero-order valence-electron chi connectivity index (χ0n) is 14.8. The summed E-state index contributed by atoms with van der Waals surface area (Å²) in [6, 6.07) is 0.271. The number of carbonyl (C=O) groups is 1. The molecule has 1 heterocycles. The van der Waals surface area contributed by atoms with E-state index >= 15 is 0 Å². The average molecular weight is 314 g/mol. The number of ether oxygens (including phenoxy) is 2. The lowest BCUT2D eigenvalue weighted by molar-refractivity contribution is -0.151. The summed E-state index contributed by atoms with van der Waals surface area (Å²) in [6.45, 7) is 12.1. The maximum atomic E-state index is 12.4. The molecule has 0 aromatic heterocycles. The van der Waals surface area contributed by atoms with Gasteiger partial charge in [-0.3, -0.25) is 9.69 Å². The highest BCUT2D eigenvalue weighted by molar-refractivity contribution is 5.79. The molecule has 2 atom stereocenters. The van der Waals surface area contributed by atoms with Gasteiger partial charge in [-0.15, -0.1) is 0 Å². The van der Waals surface area contributed by atoms with Crippen molar-refractivity contribution in [1.29, 1.82) is 0 Å². The Balaban J connectivity index is 2.44. The summed E-state index contributed by atoms with van der Waals surface area (Å²) in [7, 11) is 0. The number of hydrogen-bond acceptors (Lipinski definition) is 4. The van der Waals surface area contributed by atoms with E-state index in [9.17, 15) is 4.79 Å². The lowest BCUT2D eigenvalue weighted by Gasteiger charge is -2.34. The van der Waals surface area contributed by atoms with E-state index in [1.165, 1.54) is 0 Å². The Morgan fingerprint density at radius 2 is 1.95 bits per heavy atom. The largest absolute Gasteiger partial charge is 0.353 e. The molecule has 1 rings (SSSR count). The molecule has 22 heavy (non-hydrogen) atoms. The van der Waals surface area contributed by atoms with Crippen LogP contribution in [0.1, 0.15) is 53.4 Å². The minimum Gasteiger partial charge on any atom is -0.353 e. The van der Waals surface area contributed by atoms with Crippen molar-refractivity contribution in [2.75, 3.05) is 32.8 Å². The number of rotatable bonds is 10. The van der Waals surface area contributed by atoms with Gasteiger partial charge in [-0.1, -0.05) is 13.3 Å². The van der Waals surface area contributed by atoms with Gasteiger partial charge in [0.2, 0.25) is 5.91 Å². The second-order valence-corrected chi connectivity index (χ2v) is 6.14. The van der Waals surface area contributed by atoms with Gasteiger partial charge in [0.15, 0.2) is 6.29 Å². The molecule has 1 N–H and O–H groups in total. The maximum Gasteiger partial charge on any atom is 0.224 e. The number of amides is 1. The molecule has 1 saturated heterocycles. The minimum absolute atomic E-state index is 0.0944. The predicted molar refractivity (Wildman–Crippen MR) is 88.7 cm³/mol. The van der Waals surface area contributed by atoms with Gasteiger partial charge >= 0.3 is 0 Å². The zero-order chi connectivity index (χ0) is 16.4. The number of carbonyl (C=O) groups excluding carboxylic acids is 1. The molecule has 0 aliphatic carbocycles. The van der Waals surface area contributed by atoms with E-state index in [1.807, 2.05) is 13.8 Å². The molecule has 5 heteroatoms. The van der Waals surface area contributed by atoms with Crippen molar-refractivity contribution >= 4 is 5.91 Å². The second-order valence-electron chi connectivity index (χ2n) is 6.14. The molecule has 0 spiro atoms. The molecule has 130 valence electrons. The van der Waals surface area contributed by atoms with Crippen LogP contribution in [0.3, 0.4) is 0 Å². The van der Waals surface area contributed by atoms with Crippen molar-refractivity contribution < 1.29 is 14.3 Å². The van der Waals surface area contributed by atoms with Crippen molar-refractivity contribution in [2.45, 2.75) is 65.7 Å². The molecule has 1 fully saturated rings. The summed E-state index contributed by atoms with van der Waals surface area (Å²) >= 11 is 0. The molecule has 0 saturated carbocycles. The van der Waals surface area contributed by atoms with E-state index in [0.717, 1.165) is 45.3 Å². The van der Waals surface area contributed by atoms with Crippen LogP contribution in [0.15, 0.2) is 0 Å². The Hall–Kier alpha value is -0.650. The molecule has 1 amide bonds. The van der Waals surface area contributed by atoms with Crippen LogP contribution in [0, 0.1) is 5.92 Å². The van der Waals surface area contributed by atoms with Crippen LogP contribution in [0.4, 0.5) is 0 Å². The van der Waals surface area contributed by atoms with Crippen LogP contribution in [-0.4, -0.2) is 56.0 Å². The fourth-order valence-corrected chi connectivity index (χ4v) is 3.04. The molecular formula is C17H34N2O3. The summed E-state index contributed by atoms with van der Waals surface area (Å²) in [6.07, 6.45) is 4.00. The summed E-state index contributed by atoms with van der Waals surface area (Å²) < 4.78 is 11.2. The summed E-state index contributed by atoms with van der Waals surface area (Å²) in [5.74, 6) is 0.298. The maximum absolute atomic E-state index is 12.4. The van der Waals surface area contributed by atoms with E-state index in [2.05, 4.69) is 24.1 Å². The standard InChI is InChI=1S/C17H34N2O3/c1-5-9-14(4)18-17(20)15-10-8-11-19(12-15)13-16(21-6-2)22-7-3/h14-16H,5-13H2,1-4H3,(H,18,20)/t14-,15-/m0/s1. The first-order chi connectivity index (χ1) is 10.6. The number of nitrogens with zero attached hydrogens (tertiary/aromatic N) is 1. The van der Waals surface area contributed by atoms with Gasteiger partial charge in [-0.2, -0.15) is 0 Å². The highest BCUT2D eigenvalue weighted by atomic mass is 16.7. The van der Waals surface area contributed by atoms with E-state index in [1.54, 1.807) is 0 Å². The third kappa shape index (κ3) is 7.07. The Bertz CT molecular complexity index is 306. The molecule has 0 bridgehead atoms. The fraction of sp³-hybridized carbons (Fsp3) is 0.941. The SMILES string of the molecule is CCC[C@H](C)NC(=O)[C@H]1CCCN(CC(OCC)OCC)C1. The number of likely N-dealkylation sites (tertiary alicyclic amines) is 1. The minimum atomic E-state index is -0.184. The van der Waals surface area contributed by atoms with Crippen molar-refractivity contribution in [2.24, 2.45) is 5.92 Å². The first-order valence-electron chi connectivity index (χ1n) is 8.86. The van der Waals surface area contributed by atoms with E-state index in [0.29, 0.717) is 13.2 Å². The van der Waals surface area contributed by atoms with Crippen LogP contribution in [0.2, 0.25) is 0 Å². The molecule has 0 aromatic rings. The Morgan fingerprint density at radius 1 is 1.27 bits per heavy atom. The number of piperidine rings is 1. The van der Waals surface area contributed by atoms with Crippen LogP contribution in [0.25, 0.3) is 0 Å². The number of hydrogen-bond donors (Lipinski definition) is 1. The van der Waals surface area contributed by atoms with Crippen molar-refractivity contribution in [3.8, 4) is 0 Å². The quantitative estimate of drug-likeness (QED) is 0.629. The zero-order valence-corrected chi connectivity index (χ0v) is 14.8. The third-order valence-electron chi connectivity index (χ3n) is 4.10. The third-order valence-corrected chi connectivity index (χ3v) is 4.10. The van der Waals surface area contributed by atoms with Gasteiger partial charge in [0, 0.05) is 32.3 Å². The molecule has 0 aromatic carbocycles. The van der Waals surface area contributed by atoms with Gasteiger partial charge in [-0.25, -0.2) is 0 Å². The van der Waals surface area contributed by atoms with Crippen LogP contribution < -0.4 is 5.32 Å². The van der Waals surface area contributed by atoms with Crippen molar-refractivity contribution in [3.05, 3.63) is 0 Å². The summed E-state index contributed by atoms with van der Waals surface area (Å²) in [4.78, 5) is 14.7. The topological polar surface area (TPSA) is 50.8 Å². The van der Waals surface area contributed by atoms with Crippen LogP contribution >= 0.6 is 0 Å². The smallest absolute Gasteiger partial charge is 0.224 e. The Kier molecular flexibility index (Phi) is 9.68.